The number of ether oxygens (including phenoxy) is 1. The van der Waals surface area contributed by atoms with Crippen LogP contribution in [0, 0.1) is 13.8 Å². The zero-order valence-electron chi connectivity index (χ0n) is 19.2. The standard InChI is InChI=1S/C27H29ClN2O3/c1-19-12-13-20(2)25(14-19)33-18-26(31)30(17-22-10-7-11-23(28)15-22)24(27(32)29-3)16-21-8-5-4-6-9-21/h4-15,24H,16-18H2,1-3H3,(H,29,32)/t24-/m0/s1. The van der Waals surface area contributed by atoms with Crippen LogP contribution in [0.25, 0.3) is 0 Å². The summed E-state index contributed by atoms with van der Waals surface area (Å²) in [6, 6.07) is 22.1. The summed E-state index contributed by atoms with van der Waals surface area (Å²) in [5.74, 6) is 0.145. The van der Waals surface area contributed by atoms with Crippen LogP contribution in [0.15, 0.2) is 72.8 Å². The normalized spacial score (nSPS) is 11.5. The third-order valence-corrected chi connectivity index (χ3v) is 5.69. The number of benzene rings is 3. The summed E-state index contributed by atoms with van der Waals surface area (Å²) < 4.78 is 5.89. The fourth-order valence-electron chi connectivity index (χ4n) is 3.64. The molecule has 0 spiro atoms. The summed E-state index contributed by atoms with van der Waals surface area (Å²) in [6.45, 7) is 3.97. The number of nitrogens with zero attached hydrogens (tertiary/aromatic N) is 1. The Morgan fingerprint density at radius 2 is 1.70 bits per heavy atom. The van der Waals surface area contributed by atoms with Crippen molar-refractivity contribution < 1.29 is 14.3 Å². The average Bonchev–Trinajstić information content (AvgIpc) is 2.82. The summed E-state index contributed by atoms with van der Waals surface area (Å²) >= 11 is 6.17. The van der Waals surface area contributed by atoms with E-state index in [0.717, 1.165) is 22.3 Å². The number of amides is 2. The number of nitrogens with one attached hydrogen (secondary N) is 1. The topological polar surface area (TPSA) is 58.6 Å². The number of rotatable bonds is 9. The van der Waals surface area contributed by atoms with Gasteiger partial charge in [0.15, 0.2) is 6.61 Å². The van der Waals surface area contributed by atoms with Crippen LogP contribution in [0.2, 0.25) is 5.02 Å². The van der Waals surface area contributed by atoms with Crippen LogP contribution in [0.5, 0.6) is 5.75 Å². The van der Waals surface area contributed by atoms with Gasteiger partial charge in [0.05, 0.1) is 0 Å². The molecular formula is C27H29ClN2O3. The van der Waals surface area contributed by atoms with E-state index in [0.29, 0.717) is 17.2 Å². The number of aryl methyl sites for hydroxylation is 2. The van der Waals surface area contributed by atoms with Gasteiger partial charge in [-0.25, -0.2) is 0 Å². The smallest absolute Gasteiger partial charge is 0.261 e. The van der Waals surface area contributed by atoms with Crippen molar-refractivity contribution in [1.29, 1.82) is 0 Å². The lowest BCUT2D eigenvalue weighted by molar-refractivity contribution is -0.142. The highest BCUT2D eigenvalue weighted by Gasteiger charge is 2.30. The second-order valence-corrected chi connectivity index (χ2v) is 8.47. The van der Waals surface area contributed by atoms with Crippen LogP contribution < -0.4 is 10.1 Å². The molecule has 3 rings (SSSR count). The molecule has 3 aromatic carbocycles. The monoisotopic (exact) mass is 464 g/mol. The summed E-state index contributed by atoms with van der Waals surface area (Å²) in [5.41, 5.74) is 3.79. The molecule has 172 valence electrons. The minimum atomic E-state index is -0.703. The van der Waals surface area contributed by atoms with E-state index in [9.17, 15) is 9.59 Å². The number of carbonyl (C=O) groups excluding carboxylic acids is 2. The minimum absolute atomic E-state index is 0.173. The minimum Gasteiger partial charge on any atom is -0.483 e. The highest BCUT2D eigenvalue weighted by molar-refractivity contribution is 6.30. The highest BCUT2D eigenvalue weighted by atomic mass is 35.5. The molecule has 0 fully saturated rings. The van der Waals surface area contributed by atoms with Crippen molar-refractivity contribution in [2.45, 2.75) is 32.9 Å². The van der Waals surface area contributed by atoms with E-state index in [4.69, 9.17) is 16.3 Å². The molecule has 0 aliphatic carbocycles. The van der Waals surface area contributed by atoms with Crippen molar-refractivity contribution in [3.8, 4) is 5.75 Å². The lowest BCUT2D eigenvalue weighted by atomic mass is 10.0. The predicted molar refractivity (Wildman–Crippen MR) is 131 cm³/mol. The van der Waals surface area contributed by atoms with Crippen molar-refractivity contribution in [2.75, 3.05) is 13.7 Å². The second kappa shape index (κ2) is 11.5. The molecule has 5 nitrogen and oxygen atoms in total. The number of carbonyl (C=O) groups is 2. The third-order valence-electron chi connectivity index (χ3n) is 5.45. The van der Waals surface area contributed by atoms with Gasteiger partial charge in [-0.15, -0.1) is 0 Å². The Kier molecular flexibility index (Phi) is 8.50. The Morgan fingerprint density at radius 1 is 0.970 bits per heavy atom. The SMILES string of the molecule is CNC(=O)[C@H](Cc1ccccc1)N(Cc1cccc(Cl)c1)C(=O)COc1cc(C)ccc1C. The van der Waals surface area contributed by atoms with E-state index in [-0.39, 0.29) is 25.0 Å². The summed E-state index contributed by atoms with van der Waals surface area (Å²) in [4.78, 5) is 27.9. The molecule has 1 N–H and O–H groups in total. The van der Waals surface area contributed by atoms with Crippen LogP contribution >= 0.6 is 11.6 Å². The molecule has 1 atom stereocenters. The van der Waals surface area contributed by atoms with Crippen molar-refractivity contribution in [1.82, 2.24) is 10.2 Å². The van der Waals surface area contributed by atoms with Crippen LogP contribution in [0.1, 0.15) is 22.3 Å². The third kappa shape index (κ3) is 6.83. The first-order chi connectivity index (χ1) is 15.9. The molecule has 33 heavy (non-hydrogen) atoms. The first kappa shape index (κ1) is 24.3. The van der Waals surface area contributed by atoms with Crippen molar-refractivity contribution >= 4 is 23.4 Å². The first-order valence-electron chi connectivity index (χ1n) is 10.9. The lowest BCUT2D eigenvalue weighted by Crippen LogP contribution is -2.51. The van der Waals surface area contributed by atoms with E-state index in [1.165, 1.54) is 0 Å². The zero-order chi connectivity index (χ0) is 23.8. The van der Waals surface area contributed by atoms with E-state index in [2.05, 4.69) is 5.32 Å². The summed E-state index contributed by atoms with van der Waals surface area (Å²) in [6.07, 6.45) is 0.385. The Labute approximate surface area is 200 Å². The molecule has 0 radical (unpaired) electrons. The fraction of sp³-hybridized carbons (Fsp3) is 0.259. The molecule has 0 aliphatic heterocycles. The summed E-state index contributed by atoms with van der Waals surface area (Å²) in [7, 11) is 1.58. The second-order valence-electron chi connectivity index (χ2n) is 8.03. The summed E-state index contributed by atoms with van der Waals surface area (Å²) in [5, 5.41) is 3.28. The van der Waals surface area contributed by atoms with Crippen LogP contribution in [-0.4, -0.2) is 36.4 Å². The molecule has 0 saturated carbocycles. The molecule has 6 heteroatoms. The van der Waals surface area contributed by atoms with Crippen molar-refractivity contribution in [3.05, 3.63) is 100 Å². The van der Waals surface area contributed by atoms with Gasteiger partial charge in [0, 0.05) is 25.0 Å². The van der Waals surface area contributed by atoms with E-state index >= 15 is 0 Å². The van der Waals surface area contributed by atoms with Crippen molar-refractivity contribution in [2.24, 2.45) is 0 Å². The Hall–Kier alpha value is -3.31. The van der Waals surface area contributed by atoms with Crippen molar-refractivity contribution in [3.63, 3.8) is 0 Å². The number of hydrogen-bond acceptors (Lipinski definition) is 3. The van der Waals surface area contributed by atoms with Gasteiger partial charge in [-0.05, 0) is 54.3 Å². The largest absolute Gasteiger partial charge is 0.483 e. The van der Waals surface area contributed by atoms with E-state index in [1.807, 2.05) is 74.5 Å². The number of halogens is 1. The molecule has 0 aliphatic rings. The molecular weight excluding hydrogens is 436 g/mol. The molecule has 0 saturated heterocycles. The molecule has 0 heterocycles. The Bertz CT molecular complexity index is 1100. The Morgan fingerprint density at radius 3 is 2.39 bits per heavy atom. The van der Waals surface area contributed by atoms with E-state index < -0.39 is 6.04 Å². The maximum atomic E-state index is 13.4. The van der Waals surface area contributed by atoms with Gasteiger partial charge < -0.3 is 15.0 Å². The van der Waals surface area contributed by atoms with Gasteiger partial charge in [-0.3, -0.25) is 9.59 Å². The first-order valence-corrected chi connectivity index (χ1v) is 11.2. The quantitative estimate of drug-likeness (QED) is 0.498. The van der Waals surface area contributed by atoms with Crippen LogP contribution in [-0.2, 0) is 22.6 Å². The van der Waals surface area contributed by atoms with Gasteiger partial charge in [-0.1, -0.05) is 66.2 Å². The number of likely N-dealkylation sites (N-methyl/N-ethyl adjacent to an activating group) is 1. The number of hydrogen-bond donors (Lipinski definition) is 1. The van der Waals surface area contributed by atoms with Gasteiger partial charge in [0.25, 0.3) is 5.91 Å². The molecule has 0 bridgehead atoms. The molecule has 3 aromatic rings. The maximum absolute atomic E-state index is 13.4. The van der Waals surface area contributed by atoms with E-state index in [1.54, 1.807) is 24.1 Å². The zero-order valence-corrected chi connectivity index (χ0v) is 19.9. The molecule has 0 aromatic heterocycles. The van der Waals surface area contributed by atoms with Crippen LogP contribution in [0.3, 0.4) is 0 Å². The van der Waals surface area contributed by atoms with Gasteiger partial charge in [0.1, 0.15) is 11.8 Å². The Balaban J connectivity index is 1.89. The lowest BCUT2D eigenvalue weighted by Gasteiger charge is -2.31. The average molecular weight is 465 g/mol. The fourth-order valence-corrected chi connectivity index (χ4v) is 3.85. The predicted octanol–water partition coefficient (Wildman–Crippen LogP) is 4.72. The molecule has 2 amide bonds. The van der Waals surface area contributed by atoms with Gasteiger partial charge >= 0.3 is 0 Å². The van der Waals surface area contributed by atoms with Gasteiger partial charge in [0.2, 0.25) is 5.91 Å². The van der Waals surface area contributed by atoms with Gasteiger partial charge in [-0.2, -0.15) is 0 Å². The van der Waals surface area contributed by atoms with Crippen LogP contribution in [0.4, 0.5) is 0 Å². The molecule has 0 unspecified atom stereocenters. The highest BCUT2D eigenvalue weighted by Crippen LogP contribution is 2.21. The maximum Gasteiger partial charge on any atom is 0.261 e.